The van der Waals surface area contributed by atoms with Crippen LogP contribution in [0.2, 0.25) is 0 Å². The molecule has 0 aliphatic carbocycles. The van der Waals surface area contributed by atoms with Gasteiger partial charge in [0.15, 0.2) is 0 Å². The Morgan fingerprint density at radius 2 is 1.63 bits per heavy atom. The van der Waals surface area contributed by atoms with Gasteiger partial charge in [0.05, 0.1) is 19.1 Å². The van der Waals surface area contributed by atoms with Crippen molar-refractivity contribution in [2.24, 2.45) is 0 Å². The molecule has 0 heterocycles. The van der Waals surface area contributed by atoms with Gasteiger partial charge in [-0.25, -0.2) is 0 Å². The van der Waals surface area contributed by atoms with E-state index in [0.29, 0.717) is 0 Å². The van der Waals surface area contributed by atoms with Gasteiger partial charge in [-0.3, -0.25) is 0 Å². The van der Waals surface area contributed by atoms with Crippen molar-refractivity contribution in [1.82, 2.24) is 0 Å². The molecular formula is C12H13F5O2. The SMILES string of the molecule is COc1ccccc1C(C)(O)CC(F)(F)C(F)(F)F. The van der Waals surface area contributed by atoms with Crippen molar-refractivity contribution in [2.75, 3.05) is 7.11 Å². The topological polar surface area (TPSA) is 29.5 Å². The lowest BCUT2D eigenvalue weighted by Crippen LogP contribution is -2.42. The average molecular weight is 284 g/mol. The van der Waals surface area contributed by atoms with Crippen LogP contribution in [0.3, 0.4) is 0 Å². The predicted molar refractivity (Wildman–Crippen MR) is 58.2 cm³/mol. The summed E-state index contributed by atoms with van der Waals surface area (Å²) in [7, 11) is 1.23. The zero-order valence-electron chi connectivity index (χ0n) is 10.3. The molecule has 1 aromatic carbocycles. The first-order valence-corrected chi connectivity index (χ1v) is 5.32. The van der Waals surface area contributed by atoms with E-state index in [0.717, 1.165) is 6.92 Å². The summed E-state index contributed by atoms with van der Waals surface area (Å²) in [6.45, 7) is 0.893. The third-order valence-electron chi connectivity index (χ3n) is 2.67. The summed E-state index contributed by atoms with van der Waals surface area (Å²) >= 11 is 0. The number of aliphatic hydroxyl groups is 1. The van der Waals surface area contributed by atoms with Gasteiger partial charge in [0.1, 0.15) is 5.75 Å². The molecule has 1 aromatic rings. The lowest BCUT2D eigenvalue weighted by Gasteiger charge is -2.30. The summed E-state index contributed by atoms with van der Waals surface area (Å²) in [5.41, 5.74) is -2.49. The van der Waals surface area contributed by atoms with Crippen molar-refractivity contribution in [3.63, 3.8) is 0 Å². The molecule has 0 aliphatic heterocycles. The number of hydrogen-bond acceptors (Lipinski definition) is 2. The second-order valence-corrected chi connectivity index (χ2v) is 4.35. The molecule has 1 unspecified atom stereocenters. The fourth-order valence-corrected chi connectivity index (χ4v) is 1.72. The van der Waals surface area contributed by atoms with Crippen LogP contribution in [0.25, 0.3) is 0 Å². The Kier molecular flexibility index (Phi) is 4.09. The zero-order valence-corrected chi connectivity index (χ0v) is 10.3. The molecular weight excluding hydrogens is 271 g/mol. The van der Waals surface area contributed by atoms with E-state index in [1.165, 1.54) is 31.4 Å². The highest BCUT2D eigenvalue weighted by Gasteiger charge is 2.60. The van der Waals surface area contributed by atoms with Crippen LogP contribution in [-0.4, -0.2) is 24.3 Å². The van der Waals surface area contributed by atoms with Crippen LogP contribution in [-0.2, 0) is 5.60 Å². The highest BCUT2D eigenvalue weighted by atomic mass is 19.4. The minimum Gasteiger partial charge on any atom is -0.496 e. The van der Waals surface area contributed by atoms with E-state index >= 15 is 0 Å². The predicted octanol–water partition coefficient (Wildman–Crippen LogP) is 3.49. The van der Waals surface area contributed by atoms with Gasteiger partial charge in [-0.15, -0.1) is 0 Å². The Bertz CT molecular complexity index is 440. The molecule has 0 radical (unpaired) electrons. The molecule has 19 heavy (non-hydrogen) atoms. The van der Waals surface area contributed by atoms with Gasteiger partial charge in [-0.2, -0.15) is 22.0 Å². The molecule has 0 aromatic heterocycles. The van der Waals surface area contributed by atoms with Crippen LogP contribution >= 0.6 is 0 Å². The van der Waals surface area contributed by atoms with E-state index in [-0.39, 0.29) is 11.3 Å². The molecule has 7 heteroatoms. The Hall–Kier alpha value is -1.37. The minimum absolute atomic E-state index is 0.0467. The molecule has 1 rings (SSSR count). The number of halogens is 5. The molecule has 0 aliphatic rings. The third-order valence-corrected chi connectivity index (χ3v) is 2.67. The number of ether oxygens (including phenoxy) is 1. The van der Waals surface area contributed by atoms with E-state index in [1.807, 2.05) is 0 Å². The van der Waals surface area contributed by atoms with E-state index in [4.69, 9.17) is 4.74 Å². The Morgan fingerprint density at radius 1 is 1.11 bits per heavy atom. The molecule has 0 spiro atoms. The maximum absolute atomic E-state index is 13.0. The van der Waals surface area contributed by atoms with Crippen molar-refractivity contribution < 1.29 is 31.8 Å². The smallest absolute Gasteiger partial charge is 0.453 e. The van der Waals surface area contributed by atoms with Crippen molar-refractivity contribution in [3.05, 3.63) is 29.8 Å². The molecule has 0 saturated heterocycles. The number of methoxy groups -OCH3 is 1. The third kappa shape index (κ3) is 3.34. The lowest BCUT2D eigenvalue weighted by molar-refractivity contribution is -0.297. The summed E-state index contributed by atoms with van der Waals surface area (Å²) in [5, 5.41) is 9.94. The first-order chi connectivity index (χ1) is 8.51. The van der Waals surface area contributed by atoms with Crippen molar-refractivity contribution in [3.8, 4) is 5.75 Å². The van der Waals surface area contributed by atoms with Gasteiger partial charge in [-0.1, -0.05) is 18.2 Å². The second-order valence-electron chi connectivity index (χ2n) is 4.35. The van der Waals surface area contributed by atoms with Gasteiger partial charge >= 0.3 is 12.1 Å². The Labute approximate surface area is 106 Å². The molecule has 0 saturated carbocycles. The number of alkyl halides is 5. The van der Waals surface area contributed by atoms with Crippen LogP contribution < -0.4 is 4.74 Å². The largest absolute Gasteiger partial charge is 0.496 e. The molecule has 2 nitrogen and oxygen atoms in total. The summed E-state index contributed by atoms with van der Waals surface area (Å²) in [4.78, 5) is 0. The Morgan fingerprint density at radius 3 is 2.11 bits per heavy atom. The van der Waals surface area contributed by atoms with Crippen molar-refractivity contribution in [2.45, 2.75) is 31.0 Å². The second kappa shape index (κ2) is 4.96. The maximum Gasteiger partial charge on any atom is 0.453 e. The first-order valence-electron chi connectivity index (χ1n) is 5.32. The molecule has 1 N–H and O–H groups in total. The normalized spacial score (nSPS) is 16.0. The zero-order chi connectivity index (χ0) is 14.9. The van der Waals surface area contributed by atoms with Gasteiger partial charge in [-0.05, 0) is 13.0 Å². The van der Waals surface area contributed by atoms with Crippen LogP contribution in [0.15, 0.2) is 24.3 Å². The number of hydrogen-bond donors (Lipinski definition) is 1. The van der Waals surface area contributed by atoms with E-state index in [2.05, 4.69) is 0 Å². The summed E-state index contributed by atoms with van der Waals surface area (Å²) < 4.78 is 67.4. The molecule has 0 fully saturated rings. The van der Waals surface area contributed by atoms with Gasteiger partial charge < -0.3 is 9.84 Å². The van der Waals surface area contributed by atoms with Crippen LogP contribution in [0, 0.1) is 0 Å². The van der Waals surface area contributed by atoms with E-state index < -0.39 is 24.1 Å². The summed E-state index contributed by atoms with van der Waals surface area (Å²) in [6.07, 6.45) is -7.48. The van der Waals surface area contributed by atoms with Crippen molar-refractivity contribution >= 4 is 0 Å². The maximum atomic E-state index is 13.0. The highest BCUT2D eigenvalue weighted by molar-refractivity contribution is 5.37. The monoisotopic (exact) mass is 284 g/mol. The quantitative estimate of drug-likeness (QED) is 0.858. The fraction of sp³-hybridized carbons (Fsp3) is 0.500. The van der Waals surface area contributed by atoms with Gasteiger partial charge in [0, 0.05) is 5.56 Å². The van der Waals surface area contributed by atoms with E-state index in [1.54, 1.807) is 0 Å². The molecule has 0 amide bonds. The molecule has 108 valence electrons. The molecule has 1 atom stereocenters. The summed E-state index contributed by atoms with van der Waals surface area (Å²) in [6, 6.07) is 5.54. The fourth-order valence-electron chi connectivity index (χ4n) is 1.72. The van der Waals surface area contributed by atoms with Crippen LogP contribution in [0.1, 0.15) is 18.9 Å². The van der Waals surface area contributed by atoms with Crippen LogP contribution in [0.4, 0.5) is 22.0 Å². The van der Waals surface area contributed by atoms with Gasteiger partial charge in [0.2, 0.25) is 0 Å². The molecule has 0 bridgehead atoms. The Balaban J connectivity index is 3.11. The highest BCUT2D eigenvalue weighted by Crippen LogP contribution is 2.45. The standard InChI is InChI=1S/C12H13F5O2/c1-10(18,7-11(13,14)12(15,16)17)8-5-3-4-6-9(8)19-2/h3-6,18H,7H2,1-2H3. The average Bonchev–Trinajstić information content (AvgIpc) is 2.26. The first kappa shape index (κ1) is 15.7. The van der Waals surface area contributed by atoms with Crippen LogP contribution in [0.5, 0.6) is 5.75 Å². The number of rotatable bonds is 4. The van der Waals surface area contributed by atoms with E-state index in [9.17, 15) is 27.1 Å². The number of para-hydroxylation sites is 1. The lowest BCUT2D eigenvalue weighted by atomic mass is 9.88. The van der Waals surface area contributed by atoms with Crippen molar-refractivity contribution in [1.29, 1.82) is 0 Å². The number of benzene rings is 1. The summed E-state index contributed by atoms with van der Waals surface area (Å²) in [5.74, 6) is -4.94. The van der Waals surface area contributed by atoms with Gasteiger partial charge in [0.25, 0.3) is 0 Å². The minimum atomic E-state index is -5.71.